The number of amides is 1. The van der Waals surface area contributed by atoms with Crippen molar-refractivity contribution in [2.24, 2.45) is 0 Å². The Balaban J connectivity index is 2.01. The van der Waals surface area contributed by atoms with Gasteiger partial charge in [-0.05, 0) is 58.5 Å². The van der Waals surface area contributed by atoms with Crippen LogP contribution in [0, 0.1) is 0 Å². The lowest BCUT2D eigenvalue weighted by Crippen LogP contribution is -2.34. The van der Waals surface area contributed by atoms with Crippen molar-refractivity contribution < 1.29 is 4.79 Å². The zero-order chi connectivity index (χ0) is 14.5. The van der Waals surface area contributed by atoms with Gasteiger partial charge < -0.3 is 5.32 Å². The first-order chi connectivity index (χ1) is 9.56. The Hall–Kier alpha value is -1.43. The predicted octanol–water partition coefficient (Wildman–Crippen LogP) is 4.23. The fourth-order valence-electron chi connectivity index (χ4n) is 1.51. The van der Waals surface area contributed by atoms with E-state index < -0.39 is 0 Å². The fourth-order valence-corrected chi connectivity index (χ4v) is 2.49. The number of benzene rings is 2. The van der Waals surface area contributed by atoms with Gasteiger partial charge in [0.25, 0.3) is 5.91 Å². The van der Waals surface area contributed by atoms with E-state index in [1.807, 2.05) is 6.07 Å². The molecular formula is C14H10BrClN2OS. The van der Waals surface area contributed by atoms with Crippen molar-refractivity contribution in [2.75, 3.05) is 5.32 Å². The summed E-state index contributed by atoms with van der Waals surface area (Å²) in [6, 6.07) is 14.1. The van der Waals surface area contributed by atoms with E-state index in [-0.39, 0.29) is 11.0 Å². The SMILES string of the molecule is O=C(NC(=S)Nc1ccc(Cl)cc1Br)c1ccccc1. The number of hydrogen-bond acceptors (Lipinski definition) is 2. The third-order valence-corrected chi connectivity index (χ3v) is 3.54. The molecule has 2 rings (SSSR count). The van der Waals surface area contributed by atoms with Crippen LogP contribution in [-0.2, 0) is 0 Å². The summed E-state index contributed by atoms with van der Waals surface area (Å²) in [6.45, 7) is 0. The van der Waals surface area contributed by atoms with E-state index in [2.05, 4.69) is 26.6 Å². The van der Waals surface area contributed by atoms with Gasteiger partial charge in [-0.3, -0.25) is 10.1 Å². The lowest BCUT2D eigenvalue weighted by molar-refractivity contribution is 0.0978. The maximum Gasteiger partial charge on any atom is 0.257 e. The predicted molar refractivity (Wildman–Crippen MR) is 89.3 cm³/mol. The Bertz CT molecular complexity index is 649. The summed E-state index contributed by atoms with van der Waals surface area (Å²) >= 11 is 14.3. The van der Waals surface area contributed by atoms with Gasteiger partial charge in [0.2, 0.25) is 0 Å². The van der Waals surface area contributed by atoms with E-state index in [9.17, 15) is 4.79 Å². The maximum absolute atomic E-state index is 11.9. The molecule has 0 aromatic heterocycles. The summed E-state index contributed by atoms with van der Waals surface area (Å²) in [5.41, 5.74) is 1.28. The Morgan fingerprint density at radius 2 is 1.85 bits per heavy atom. The van der Waals surface area contributed by atoms with Crippen LogP contribution in [0.25, 0.3) is 0 Å². The van der Waals surface area contributed by atoms with Crippen molar-refractivity contribution in [3.05, 3.63) is 63.6 Å². The molecule has 102 valence electrons. The number of thiocarbonyl (C=S) groups is 1. The number of anilines is 1. The molecule has 0 aliphatic carbocycles. The van der Waals surface area contributed by atoms with Crippen molar-refractivity contribution in [1.82, 2.24) is 5.32 Å². The molecule has 0 saturated carbocycles. The average molecular weight is 370 g/mol. The molecule has 20 heavy (non-hydrogen) atoms. The van der Waals surface area contributed by atoms with Gasteiger partial charge in [0.05, 0.1) is 5.69 Å². The summed E-state index contributed by atoms with van der Waals surface area (Å²) in [6.07, 6.45) is 0. The fraction of sp³-hybridized carbons (Fsp3) is 0. The number of halogens is 2. The zero-order valence-electron chi connectivity index (χ0n) is 10.2. The van der Waals surface area contributed by atoms with E-state index >= 15 is 0 Å². The lowest BCUT2D eigenvalue weighted by atomic mass is 10.2. The van der Waals surface area contributed by atoms with Crippen LogP contribution in [-0.4, -0.2) is 11.0 Å². The molecule has 0 fully saturated rings. The molecule has 2 aromatic carbocycles. The van der Waals surface area contributed by atoms with Crippen LogP contribution < -0.4 is 10.6 Å². The van der Waals surface area contributed by atoms with Crippen LogP contribution in [0.4, 0.5) is 5.69 Å². The largest absolute Gasteiger partial charge is 0.331 e. The third-order valence-electron chi connectivity index (χ3n) is 2.44. The third kappa shape index (κ3) is 4.03. The van der Waals surface area contributed by atoms with Crippen molar-refractivity contribution in [1.29, 1.82) is 0 Å². The minimum Gasteiger partial charge on any atom is -0.331 e. The van der Waals surface area contributed by atoms with Crippen molar-refractivity contribution >= 4 is 56.5 Å². The van der Waals surface area contributed by atoms with Crippen molar-refractivity contribution in [3.63, 3.8) is 0 Å². The number of nitrogens with one attached hydrogen (secondary N) is 2. The summed E-state index contributed by atoms with van der Waals surface area (Å²) in [5, 5.41) is 6.38. The van der Waals surface area contributed by atoms with Gasteiger partial charge in [0.1, 0.15) is 0 Å². The summed E-state index contributed by atoms with van der Waals surface area (Å²) in [7, 11) is 0. The standard InChI is InChI=1S/C14H10BrClN2OS/c15-11-8-10(16)6-7-12(11)17-14(20)18-13(19)9-4-2-1-3-5-9/h1-8H,(H2,17,18,19,20). The Kier molecular flexibility index (Phi) is 5.11. The molecule has 2 aromatic rings. The van der Waals surface area contributed by atoms with E-state index in [4.69, 9.17) is 23.8 Å². The second-order valence-corrected chi connectivity index (χ2v) is 5.60. The molecule has 0 radical (unpaired) electrons. The first kappa shape index (κ1) is 15.0. The molecule has 0 bridgehead atoms. The number of carbonyl (C=O) groups excluding carboxylic acids is 1. The monoisotopic (exact) mass is 368 g/mol. The van der Waals surface area contributed by atoms with Gasteiger partial charge >= 0.3 is 0 Å². The highest BCUT2D eigenvalue weighted by Gasteiger charge is 2.08. The highest BCUT2D eigenvalue weighted by Crippen LogP contribution is 2.25. The summed E-state index contributed by atoms with van der Waals surface area (Å²) in [4.78, 5) is 11.9. The van der Waals surface area contributed by atoms with E-state index in [1.165, 1.54) is 0 Å². The molecule has 0 unspecified atom stereocenters. The highest BCUT2D eigenvalue weighted by molar-refractivity contribution is 9.10. The van der Waals surface area contributed by atoms with Crippen LogP contribution in [0.2, 0.25) is 5.02 Å². The lowest BCUT2D eigenvalue weighted by Gasteiger charge is -2.11. The first-order valence-corrected chi connectivity index (χ1v) is 7.26. The van der Waals surface area contributed by atoms with Gasteiger partial charge in [-0.15, -0.1) is 0 Å². The molecule has 6 heteroatoms. The van der Waals surface area contributed by atoms with Crippen molar-refractivity contribution in [3.8, 4) is 0 Å². The van der Waals surface area contributed by atoms with Gasteiger partial charge in [-0.1, -0.05) is 29.8 Å². The molecule has 0 aliphatic rings. The molecule has 0 saturated heterocycles. The Morgan fingerprint density at radius 3 is 2.50 bits per heavy atom. The van der Waals surface area contributed by atoms with E-state index in [0.29, 0.717) is 10.6 Å². The quantitative estimate of drug-likeness (QED) is 0.778. The van der Waals surface area contributed by atoms with Gasteiger partial charge in [-0.25, -0.2) is 0 Å². The maximum atomic E-state index is 11.9. The zero-order valence-corrected chi connectivity index (χ0v) is 13.3. The Labute approximate surface area is 135 Å². The second kappa shape index (κ2) is 6.83. The first-order valence-electron chi connectivity index (χ1n) is 5.68. The topological polar surface area (TPSA) is 41.1 Å². The van der Waals surface area contributed by atoms with Crippen molar-refractivity contribution in [2.45, 2.75) is 0 Å². The average Bonchev–Trinajstić information content (AvgIpc) is 2.43. The van der Waals surface area contributed by atoms with Crippen LogP contribution in [0.15, 0.2) is 53.0 Å². The van der Waals surface area contributed by atoms with Gasteiger partial charge in [0, 0.05) is 15.1 Å². The minimum absolute atomic E-state index is 0.224. The van der Waals surface area contributed by atoms with Crippen LogP contribution in [0.1, 0.15) is 10.4 Å². The molecule has 2 N–H and O–H groups in total. The number of hydrogen-bond donors (Lipinski definition) is 2. The molecule has 0 heterocycles. The van der Waals surface area contributed by atoms with E-state index in [0.717, 1.165) is 10.2 Å². The van der Waals surface area contributed by atoms with Crippen LogP contribution >= 0.6 is 39.7 Å². The number of carbonyl (C=O) groups is 1. The molecule has 1 amide bonds. The molecule has 0 spiro atoms. The van der Waals surface area contributed by atoms with Crippen LogP contribution in [0.5, 0.6) is 0 Å². The Morgan fingerprint density at radius 1 is 1.15 bits per heavy atom. The van der Waals surface area contributed by atoms with Gasteiger partial charge in [0.15, 0.2) is 5.11 Å². The number of rotatable bonds is 2. The second-order valence-electron chi connectivity index (χ2n) is 3.90. The minimum atomic E-state index is -0.256. The molecular weight excluding hydrogens is 360 g/mol. The highest BCUT2D eigenvalue weighted by atomic mass is 79.9. The van der Waals surface area contributed by atoms with Crippen LogP contribution in [0.3, 0.4) is 0 Å². The van der Waals surface area contributed by atoms with Gasteiger partial charge in [-0.2, -0.15) is 0 Å². The smallest absolute Gasteiger partial charge is 0.257 e. The molecule has 0 atom stereocenters. The molecule has 3 nitrogen and oxygen atoms in total. The normalized spacial score (nSPS) is 9.90. The van der Waals surface area contributed by atoms with E-state index in [1.54, 1.807) is 42.5 Å². The summed E-state index contributed by atoms with van der Waals surface area (Å²) in [5.74, 6) is -0.256. The molecule has 0 aliphatic heterocycles. The summed E-state index contributed by atoms with van der Waals surface area (Å²) < 4.78 is 0.765.